The highest BCUT2D eigenvalue weighted by Gasteiger charge is 2.41. The number of amides is 1. The number of carbonyl (C=O) groups is 1. The van der Waals surface area contributed by atoms with E-state index < -0.39 is 5.54 Å². The predicted molar refractivity (Wildman–Crippen MR) is 103 cm³/mol. The van der Waals surface area contributed by atoms with Crippen molar-refractivity contribution in [2.75, 3.05) is 0 Å². The van der Waals surface area contributed by atoms with E-state index in [0.717, 1.165) is 43.2 Å². The van der Waals surface area contributed by atoms with E-state index in [2.05, 4.69) is 15.5 Å². The molecule has 0 unspecified atom stereocenters. The summed E-state index contributed by atoms with van der Waals surface area (Å²) in [6.07, 6.45) is 4.82. The summed E-state index contributed by atoms with van der Waals surface area (Å²) >= 11 is 0. The molecule has 0 bridgehead atoms. The smallest absolute Gasteiger partial charge is 0.252 e. The number of aryl methyl sites for hydroxylation is 1. The molecule has 3 aromatic rings. The normalized spacial score (nSPS) is 16.0. The molecular weight excluding hydrogens is 338 g/mol. The largest absolute Gasteiger partial charge is 0.338 e. The quantitative estimate of drug-likeness (QED) is 0.735. The second-order valence-corrected chi connectivity index (χ2v) is 7.25. The van der Waals surface area contributed by atoms with Crippen molar-refractivity contribution in [3.05, 3.63) is 71.6 Å². The first-order chi connectivity index (χ1) is 13.2. The SMILES string of the molecule is Cc1ccc(C(=O)NC2(c3nc(-c4ccccc4)no3)CCCCC2)cc1. The van der Waals surface area contributed by atoms with Crippen molar-refractivity contribution in [3.8, 4) is 11.4 Å². The summed E-state index contributed by atoms with van der Waals surface area (Å²) in [5.41, 5.74) is 2.08. The Labute approximate surface area is 158 Å². The molecule has 1 heterocycles. The molecule has 1 N–H and O–H groups in total. The predicted octanol–water partition coefficient (Wildman–Crippen LogP) is 4.63. The number of carbonyl (C=O) groups excluding carboxylic acids is 1. The minimum atomic E-state index is -0.597. The molecule has 1 aliphatic rings. The van der Waals surface area contributed by atoms with Crippen molar-refractivity contribution in [3.63, 3.8) is 0 Å². The lowest BCUT2D eigenvalue weighted by molar-refractivity contribution is 0.0824. The van der Waals surface area contributed by atoms with Crippen LogP contribution in [0.4, 0.5) is 0 Å². The van der Waals surface area contributed by atoms with Crippen molar-refractivity contribution in [2.45, 2.75) is 44.6 Å². The zero-order valence-corrected chi connectivity index (χ0v) is 15.4. The molecular formula is C22H23N3O2. The number of benzene rings is 2. The molecule has 0 radical (unpaired) electrons. The zero-order chi connectivity index (χ0) is 18.7. The molecule has 1 amide bonds. The number of hydrogen-bond donors (Lipinski definition) is 1. The summed E-state index contributed by atoms with van der Waals surface area (Å²) in [6, 6.07) is 17.3. The molecule has 138 valence electrons. The average molecular weight is 361 g/mol. The van der Waals surface area contributed by atoms with E-state index in [4.69, 9.17) is 4.52 Å². The average Bonchev–Trinajstić information content (AvgIpc) is 3.21. The van der Waals surface area contributed by atoms with Crippen LogP contribution in [0.1, 0.15) is 53.9 Å². The van der Waals surface area contributed by atoms with Gasteiger partial charge < -0.3 is 9.84 Å². The first-order valence-electron chi connectivity index (χ1n) is 9.45. The standard InChI is InChI=1S/C22H23N3O2/c1-16-10-12-18(13-11-16)20(26)24-22(14-6-3-7-15-22)21-23-19(25-27-21)17-8-4-2-5-9-17/h2,4-5,8-13H,3,6-7,14-15H2,1H3,(H,24,26). The van der Waals surface area contributed by atoms with Gasteiger partial charge in [0.05, 0.1) is 0 Å². The second kappa shape index (κ2) is 7.35. The van der Waals surface area contributed by atoms with E-state index in [-0.39, 0.29) is 5.91 Å². The van der Waals surface area contributed by atoms with E-state index >= 15 is 0 Å². The van der Waals surface area contributed by atoms with Crippen LogP contribution >= 0.6 is 0 Å². The fourth-order valence-electron chi connectivity index (χ4n) is 3.66. The third-order valence-corrected chi connectivity index (χ3v) is 5.24. The van der Waals surface area contributed by atoms with E-state index in [9.17, 15) is 4.79 Å². The van der Waals surface area contributed by atoms with E-state index in [1.54, 1.807) is 0 Å². The van der Waals surface area contributed by atoms with Crippen LogP contribution in [0.3, 0.4) is 0 Å². The Hall–Kier alpha value is -2.95. The van der Waals surface area contributed by atoms with Crippen LogP contribution in [0.25, 0.3) is 11.4 Å². The van der Waals surface area contributed by atoms with E-state index in [0.29, 0.717) is 17.3 Å². The Bertz CT molecular complexity index is 910. The fraction of sp³-hybridized carbons (Fsp3) is 0.318. The van der Waals surface area contributed by atoms with Gasteiger partial charge >= 0.3 is 0 Å². The third kappa shape index (κ3) is 3.63. The Morgan fingerprint density at radius 1 is 1.00 bits per heavy atom. The van der Waals surface area contributed by atoms with Gasteiger partial charge in [0.2, 0.25) is 5.82 Å². The van der Waals surface area contributed by atoms with Crippen molar-refractivity contribution < 1.29 is 9.32 Å². The lowest BCUT2D eigenvalue weighted by atomic mass is 9.81. The minimum Gasteiger partial charge on any atom is -0.338 e. The molecule has 5 heteroatoms. The number of aromatic nitrogens is 2. The van der Waals surface area contributed by atoms with Gasteiger partial charge in [-0.15, -0.1) is 0 Å². The fourth-order valence-corrected chi connectivity index (χ4v) is 3.66. The Kier molecular flexibility index (Phi) is 4.75. The summed E-state index contributed by atoms with van der Waals surface area (Å²) in [6.45, 7) is 2.01. The van der Waals surface area contributed by atoms with Gasteiger partial charge in [0.1, 0.15) is 5.54 Å². The number of nitrogens with zero attached hydrogens (tertiary/aromatic N) is 2. The first kappa shape index (κ1) is 17.5. The van der Waals surface area contributed by atoms with Gasteiger partial charge in [-0.1, -0.05) is 72.4 Å². The Morgan fingerprint density at radius 2 is 1.70 bits per heavy atom. The summed E-state index contributed by atoms with van der Waals surface area (Å²) in [7, 11) is 0. The van der Waals surface area contributed by atoms with Crippen molar-refractivity contribution >= 4 is 5.91 Å². The molecule has 5 nitrogen and oxygen atoms in total. The summed E-state index contributed by atoms with van der Waals surface area (Å²) < 4.78 is 5.64. The lowest BCUT2D eigenvalue weighted by Gasteiger charge is -2.34. The maximum Gasteiger partial charge on any atom is 0.252 e. The molecule has 4 rings (SSSR count). The van der Waals surface area contributed by atoms with Gasteiger partial charge in [-0.2, -0.15) is 4.98 Å². The monoisotopic (exact) mass is 361 g/mol. The second-order valence-electron chi connectivity index (χ2n) is 7.25. The molecule has 1 saturated carbocycles. The van der Waals surface area contributed by atoms with Gasteiger partial charge in [0.25, 0.3) is 11.8 Å². The highest BCUT2D eigenvalue weighted by molar-refractivity contribution is 5.94. The van der Waals surface area contributed by atoms with E-state index in [1.165, 1.54) is 0 Å². The Morgan fingerprint density at radius 3 is 2.41 bits per heavy atom. The maximum absolute atomic E-state index is 12.9. The van der Waals surface area contributed by atoms with Crippen LogP contribution in [0, 0.1) is 6.92 Å². The van der Waals surface area contributed by atoms with Gasteiger partial charge in [0, 0.05) is 11.1 Å². The van der Waals surface area contributed by atoms with Gasteiger partial charge in [0.15, 0.2) is 0 Å². The topological polar surface area (TPSA) is 68.0 Å². The minimum absolute atomic E-state index is 0.101. The summed E-state index contributed by atoms with van der Waals surface area (Å²) in [4.78, 5) is 17.5. The molecule has 0 atom stereocenters. The first-order valence-corrected chi connectivity index (χ1v) is 9.45. The lowest BCUT2D eigenvalue weighted by Crippen LogP contribution is -2.47. The number of nitrogens with one attached hydrogen (secondary N) is 1. The maximum atomic E-state index is 12.9. The molecule has 1 aromatic heterocycles. The van der Waals surface area contributed by atoms with Crippen LogP contribution in [-0.4, -0.2) is 16.0 Å². The van der Waals surface area contributed by atoms with Crippen molar-refractivity contribution in [1.29, 1.82) is 0 Å². The van der Waals surface area contributed by atoms with Crippen molar-refractivity contribution in [1.82, 2.24) is 15.5 Å². The summed E-state index contributed by atoms with van der Waals surface area (Å²) in [5.74, 6) is 0.956. The van der Waals surface area contributed by atoms with Crippen LogP contribution < -0.4 is 5.32 Å². The van der Waals surface area contributed by atoms with Crippen LogP contribution in [0.15, 0.2) is 59.1 Å². The highest BCUT2D eigenvalue weighted by atomic mass is 16.5. The third-order valence-electron chi connectivity index (χ3n) is 5.24. The van der Waals surface area contributed by atoms with E-state index in [1.807, 2.05) is 61.5 Å². The van der Waals surface area contributed by atoms with Gasteiger partial charge in [-0.3, -0.25) is 4.79 Å². The zero-order valence-electron chi connectivity index (χ0n) is 15.4. The van der Waals surface area contributed by atoms with Crippen LogP contribution in [0.5, 0.6) is 0 Å². The molecule has 0 spiro atoms. The molecule has 1 aliphatic carbocycles. The molecule has 1 fully saturated rings. The molecule has 0 aliphatic heterocycles. The van der Waals surface area contributed by atoms with Crippen molar-refractivity contribution in [2.24, 2.45) is 0 Å². The highest BCUT2D eigenvalue weighted by Crippen LogP contribution is 2.37. The molecule has 0 saturated heterocycles. The number of hydrogen-bond acceptors (Lipinski definition) is 4. The summed E-state index contributed by atoms with van der Waals surface area (Å²) in [5, 5.41) is 7.37. The van der Waals surface area contributed by atoms with Crippen LogP contribution in [-0.2, 0) is 5.54 Å². The molecule has 2 aromatic carbocycles. The van der Waals surface area contributed by atoms with Gasteiger partial charge in [-0.25, -0.2) is 0 Å². The van der Waals surface area contributed by atoms with Gasteiger partial charge in [-0.05, 0) is 31.9 Å². The van der Waals surface area contributed by atoms with Crippen LogP contribution in [0.2, 0.25) is 0 Å². The number of rotatable bonds is 4. The Balaban J connectivity index is 1.63. The molecule has 27 heavy (non-hydrogen) atoms.